The Kier molecular flexibility index (Phi) is 5.85. The van der Waals surface area contributed by atoms with Crippen molar-refractivity contribution >= 4 is 0 Å². The van der Waals surface area contributed by atoms with Crippen molar-refractivity contribution in [2.45, 2.75) is 32.6 Å². The normalized spacial score (nSPS) is 12.0. The maximum absolute atomic E-state index is 2.36. The molecule has 24 heavy (non-hydrogen) atoms. The lowest BCUT2D eigenvalue weighted by Crippen LogP contribution is -2.02. The minimum absolute atomic E-state index is 0.713. The summed E-state index contributed by atoms with van der Waals surface area (Å²) in [5, 5.41) is 0. The summed E-state index contributed by atoms with van der Waals surface area (Å²) < 4.78 is 0. The zero-order valence-corrected chi connectivity index (χ0v) is 14.5. The van der Waals surface area contributed by atoms with Gasteiger partial charge < -0.3 is 0 Å². The minimum atomic E-state index is 0.713. The fourth-order valence-electron chi connectivity index (χ4n) is 3.19. The number of aryl methyl sites for hydroxylation is 1. The van der Waals surface area contributed by atoms with Crippen LogP contribution in [0.2, 0.25) is 0 Å². The molecule has 0 bridgehead atoms. The molecule has 0 aliphatic rings. The van der Waals surface area contributed by atoms with Crippen LogP contribution >= 0.6 is 0 Å². The summed E-state index contributed by atoms with van der Waals surface area (Å²) in [7, 11) is 0. The molecular formula is C24H26. The lowest BCUT2D eigenvalue weighted by Gasteiger charge is -2.12. The third-order valence-electron chi connectivity index (χ3n) is 4.63. The topological polar surface area (TPSA) is 0 Å². The molecule has 0 saturated carbocycles. The fraction of sp³-hybridized carbons (Fsp3) is 0.250. The van der Waals surface area contributed by atoms with E-state index >= 15 is 0 Å². The first kappa shape index (κ1) is 16.5. The second kappa shape index (κ2) is 8.49. The minimum Gasteiger partial charge on any atom is -0.0622 e. The van der Waals surface area contributed by atoms with E-state index in [0.717, 1.165) is 6.42 Å². The molecule has 0 aromatic heterocycles. The highest BCUT2D eigenvalue weighted by Gasteiger charge is 2.05. The van der Waals surface area contributed by atoms with E-state index in [9.17, 15) is 0 Å². The van der Waals surface area contributed by atoms with Crippen LogP contribution in [0.4, 0.5) is 0 Å². The molecule has 0 heteroatoms. The van der Waals surface area contributed by atoms with Crippen molar-refractivity contribution in [2.24, 2.45) is 5.92 Å². The van der Waals surface area contributed by atoms with Crippen LogP contribution < -0.4 is 0 Å². The Morgan fingerprint density at radius 1 is 0.583 bits per heavy atom. The summed E-state index contributed by atoms with van der Waals surface area (Å²) in [5.74, 6) is 0.713. The van der Waals surface area contributed by atoms with E-state index in [0.29, 0.717) is 5.92 Å². The Morgan fingerprint density at radius 2 is 1.08 bits per heavy atom. The van der Waals surface area contributed by atoms with Gasteiger partial charge in [0.05, 0.1) is 0 Å². The molecule has 0 aliphatic carbocycles. The van der Waals surface area contributed by atoms with Crippen LogP contribution in [0.15, 0.2) is 84.9 Å². The Bertz CT molecular complexity index is 711. The number of rotatable bonds is 7. The van der Waals surface area contributed by atoms with E-state index in [-0.39, 0.29) is 0 Å². The molecule has 122 valence electrons. The average molecular weight is 314 g/mol. The van der Waals surface area contributed by atoms with Crippen LogP contribution in [-0.2, 0) is 19.3 Å². The molecule has 0 amide bonds. The van der Waals surface area contributed by atoms with Crippen molar-refractivity contribution in [1.29, 1.82) is 0 Å². The molecule has 1 unspecified atom stereocenters. The van der Waals surface area contributed by atoms with Crippen LogP contribution in [0.25, 0.3) is 0 Å². The van der Waals surface area contributed by atoms with Crippen LogP contribution in [0.5, 0.6) is 0 Å². The van der Waals surface area contributed by atoms with Gasteiger partial charge in [0.25, 0.3) is 0 Å². The van der Waals surface area contributed by atoms with Gasteiger partial charge >= 0.3 is 0 Å². The maximum atomic E-state index is 2.36. The van der Waals surface area contributed by atoms with Crippen molar-refractivity contribution < 1.29 is 0 Å². The summed E-state index contributed by atoms with van der Waals surface area (Å²) in [6.07, 6.45) is 4.60. The zero-order valence-electron chi connectivity index (χ0n) is 14.5. The predicted molar refractivity (Wildman–Crippen MR) is 103 cm³/mol. The van der Waals surface area contributed by atoms with Crippen molar-refractivity contribution in [3.05, 3.63) is 107 Å². The van der Waals surface area contributed by atoms with Crippen molar-refractivity contribution in [1.82, 2.24) is 0 Å². The second-order valence-corrected chi connectivity index (χ2v) is 6.81. The van der Waals surface area contributed by atoms with E-state index < -0.39 is 0 Å². The predicted octanol–water partition coefficient (Wildman–Crippen LogP) is 6.09. The van der Waals surface area contributed by atoms with Crippen molar-refractivity contribution in [2.75, 3.05) is 0 Å². The molecule has 0 radical (unpaired) electrons. The highest BCUT2D eigenvalue weighted by molar-refractivity contribution is 5.28. The summed E-state index contributed by atoms with van der Waals surface area (Å²) in [6.45, 7) is 2.36. The van der Waals surface area contributed by atoms with Gasteiger partial charge in [0.2, 0.25) is 0 Å². The molecular weight excluding hydrogens is 288 g/mol. The van der Waals surface area contributed by atoms with Gasteiger partial charge in [-0.3, -0.25) is 0 Å². The molecule has 0 spiro atoms. The number of hydrogen-bond acceptors (Lipinski definition) is 0. The van der Waals surface area contributed by atoms with Crippen LogP contribution in [0.3, 0.4) is 0 Å². The van der Waals surface area contributed by atoms with E-state index in [2.05, 4.69) is 91.9 Å². The molecule has 3 aromatic carbocycles. The third kappa shape index (κ3) is 5.09. The Labute approximate surface area is 146 Å². The molecule has 3 aromatic rings. The number of hydrogen-bond donors (Lipinski definition) is 0. The third-order valence-corrected chi connectivity index (χ3v) is 4.63. The monoisotopic (exact) mass is 314 g/mol. The van der Waals surface area contributed by atoms with Gasteiger partial charge in [-0.25, -0.2) is 0 Å². The first-order chi connectivity index (χ1) is 11.8. The summed E-state index contributed by atoms with van der Waals surface area (Å²) >= 11 is 0. The molecule has 0 fully saturated rings. The molecule has 0 N–H and O–H groups in total. The Balaban J connectivity index is 1.50. The molecule has 0 heterocycles. The van der Waals surface area contributed by atoms with Gasteiger partial charge in [0.15, 0.2) is 0 Å². The zero-order chi connectivity index (χ0) is 16.6. The fourth-order valence-corrected chi connectivity index (χ4v) is 3.19. The van der Waals surface area contributed by atoms with Gasteiger partial charge in [0, 0.05) is 0 Å². The number of benzene rings is 3. The van der Waals surface area contributed by atoms with Gasteiger partial charge in [0.1, 0.15) is 0 Å². The van der Waals surface area contributed by atoms with Gasteiger partial charge in [-0.05, 0) is 53.9 Å². The summed E-state index contributed by atoms with van der Waals surface area (Å²) in [4.78, 5) is 0. The molecule has 0 nitrogen and oxygen atoms in total. The highest BCUT2D eigenvalue weighted by atomic mass is 14.1. The first-order valence-electron chi connectivity index (χ1n) is 8.95. The van der Waals surface area contributed by atoms with E-state index in [4.69, 9.17) is 0 Å². The molecule has 0 aliphatic heterocycles. The van der Waals surface area contributed by atoms with Crippen LogP contribution in [0.1, 0.15) is 35.6 Å². The van der Waals surface area contributed by atoms with Gasteiger partial charge in [-0.15, -0.1) is 0 Å². The van der Waals surface area contributed by atoms with Gasteiger partial charge in [-0.2, -0.15) is 0 Å². The average Bonchev–Trinajstić information content (AvgIpc) is 2.63. The van der Waals surface area contributed by atoms with E-state index in [1.54, 1.807) is 0 Å². The smallest absolute Gasteiger partial charge is 0.00258 e. The SMILES string of the molecule is CC(CCc1ccccc1)Cc1ccc(Cc2ccccc2)cc1. The van der Waals surface area contributed by atoms with Crippen molar-refractivity contribution in [3.63, 3.8) is 0 Å². The largest absolute Gasteiger partial charge is 0.0622 e. The first-order valence-corrected chi connectivity index (χ1v) is 8.95. The quantitative estimate of drug-likeness (QED) is 0.495. The molecule has 1 atom stereocenters. The Hall–Kier alpha value is -2.34. The molecule has 0 saturated heterocycles. The van der Waals surface area contributed by atoms with Crippen molar-refractivity contribution in [3.8, 4) is 0 Å². The molecule has 3 rings (SSSR count). The maximum Gasteiger partial charge on any atom is -0.00258 e. The lowest BCUT2D eigenvalue weighted by molar-refractivity contribution is 0.530. The lowest BCUT2D eigenvalue weighted by atomic mass is 9.93. The second-order valence-electron chi connectivity index (χ2n) is 6.81. The van der Waals surface area contributed by atoms with Crippen LogP contribution in [-0.4, -0.2) is 0 Å². The van der Waals surface area contributed by atoms with E-state index in [1.807, 2.05) is 0 Å². The summed E-state index contributed by atoms with van der Waals surface area (Å²) in [5.41, 5.74) is 5.67. The summed E-state index contributed by atoms with van der Waals surface area (Å²) in [6, 6.07) is 30.7. The van der Waals surface area contributed by atoms with Crippen LogP contribution in [0, 0.1) is 5.92 Å². The highest BCUT2D eigenvalue weighted by Crippen LogP contribution is 2.17. The van der Waals surface area contributed by atoms with Gasteiger partial charge in [-0.1, -0.05) is 91.9 Å². The standard InChI is InChI=1S/C24H26/c1-20(12-13-21-8-4-2-5-9-21)18-23-14-16-24(17-15-23)19-22-10-6-3-7-11-22/h2-11,14-17,20H,12-13,18-19H2,1H3. The van der Waals surface area contributed by atoms with E-state index in [1.165, 1.54) is 41.5 Å². The Morgan fingerprint density at radius 3 is 1.71 bits per heavy atom.